The van der Waals surface area contributed by atoms with Gasteiger partial charge in [0.25, 0.3) is 5.69 Å². The molecule has 1 atom stereocenters. The molecule has 1 aromatic rings. The third kappa shape index (κ3) is 5.81. The van der Waals surface area contributed by atoms with Gasteiger partial charge in [0.15, 0.2) is 0 Å². The second-order valence-corrected chi connectivity index (χ2v) is 5.77. The summed E-state index contributed by atoms with van der Waals surface area (Å²) in [6.45, 7) is 9.55. The van der Waals surface area contributed by atoms with Crippen LogP contribution < -0.4 is 5.32 Å². The van der Waals surface area contributed by atoms with E-state index in [1.165, 1.54) is 6.07 Å². The van der Waals surface area contributed by atoms with E-state index in [0.717, 1.165) is 18.4 Å². The molecule has 0 heterocycles. The largest absolute Gasteiger partial charge is 0.375 e. The number of nitro benzene ring substituents is 1. The Morgan fingerprint density at radius 3 is 2.67 bits per heavy atom. The Morgan fingerprint density at radius 2 is 2.10 bits per heavy atom. The molecule has 0 radical (unpaired) electrons. The van der Waals surface area contributed by atoms with E-state index in [4.69, 9.17) is 4.74 Å². The first kappa shape index (κ1) is 17.6. The van der Waals surface area contributed by atoms with Crippen LogP contribution in [0.2, 0.25) is 0 Å². The molecular formula is C16H26N2O3. The first-order chi connectivity index (χ1) is 9.89. The van der Waals surface area contributed by atoms with E-state index in [2.05, 4.69) is 12.2 Å². The van der Waals surface area contributed by atoms with Gasteiger partial charge in [-0.15, -0.1) is 0 Å². The molecule has 1 N–H and O–H groups in total. The Hall–Kier alpha value is -1.46. The summed E-state index contributed by atoms with van der Waals surface area (Å²) in [5.74, 6) is 0. The predicted molar refractivity (Wildman–Crippen MR) is 84.5 cm³/mol. The third-order valence-electron chi connectivity index (χ3n) is 3.37. The minimum absolute atomic E-state index is 0.106. The van der Waals surface area contributed by atoms with Crippen molar-refractivity contribution >= 4 is 5.69 Å². The molecule has 0 aliphatic rings. The van der Waals surface area contributed by atoms with Crippen LogP contribution in [-0.4, -0.2) is 23.7 Å². The van der Waals surface area contributed by atoms with Gasteiger partial charge in [0.1, 0.15) is 0 Å². The van der Waals surface area contributed by atoms with Gasteiger partial charge < -0.3 is 10.1 Å². The fraction of sp³-hybridized carbons (Fsp3) is 0.625. The lowest BCUT2D eigenvalue weighted by atomic mass is 10.0. The van der Waals surface area contributed by atoms with E-state index in [0.29, 0.717) is 13.2 Å². The number of nitro groups is 1. The number of ether oxygens (including phenoxy) is 1. The normalized spacial score (nSPS) is 13.1. The number of non-ortho nitro benzene ring substituents is 1. The highest BCUT2D eigenvalue weighted by Gasteiger charge is 2.21. The summed E-state index contributed by atoms with van der Waals surface area (Å²) in [5, 5.41) is 14.4. The fourth-order valence-electron chi connectivity index (χ4n) is 2.34. The average molecular weight is 294 g/mol. The fourth-order valence-corrected chi connectivity index (χ4v) is 2.34. The van der Waals surface area contributed by atoms with Crippen molar-refractivity contribution in [3.8, 4) is 0 Å². The van der Waals surface area contributed by atoms with Crippen molar-refractivity contribution in [2.24, 2.45) is 0 Å². The molecule has 0 saturated carbocycles. The van der Waals surface area contributed by atoms with Crippen LogP contribution in [0.5, 0.6) is 0 Å². The topological polar surface area (TPSA) is 64.4 Å². The summed E-state index contributed by atoms with van der Waals surface area (Å²) in [7, 11) is 0. The lowest BCUT2D eigenvalue weighted by Gasteiger charge is -2.28. The van der Waals surface area contributed by atoms with E-state index in [1.54, 1.807) is 12.1 Å². The number of nitrogens with one attached hydrogen (secondary N) is 1. The van der Waals surface area contributed by atoms with Gasteiger partial charge in [-0.3, -0.25) is 10.1 Å². The Labute approximate surface area is 126 Å². The lowest BCUT2D eigenvalue weighted by Crippen LogP contribution is -2.39. The molecule has 1 unspecified atom stereocenters. The van der Waals surface area contributed by atoms with Crippen molar-refractivity contribution in [3.63, 3.8) is 0 Å². The van der Waals surface area contributed by atoms with E-state index < -0.39 is 0 Å². The van der Waals surface area contributed by atoms with Gasteiger partial charge >= 0.3 is 0 Å². The van der Waals surface area contributed by atoms with Crippen LogP contribution in [0.15, 0.2) is 24.3 Å². The summed E-state index contributed by atoms with van der Waals surface area (Å²) in [6, 6.07) is 6.96. The average Bonchev–Trinajstić information content (AvgIpc) is 2.43. The van der Waals surface area contributed by atoms with Crippen LogP contribution in [0, 0.1) is 10.1 Å². The highest BCUT2D eigenvalue weighted by atomic mass is 16.6. The molecule has 0 bridgehead atoms. The minimum atomic E-state index is -0.351. The molecule has 118 valence electrons. The maximum atomic E-state index is 10.9. The van der Waals surface area contributed by atoms with Gasteiger partial charge in [-0.25, -0.2) is 0 Å². The summed E-state index contributed by atoms with van der Waals surface area (Å²) in [6.07, 6.45) is 1.94. The molecule has 0 aromatic heterocycles. The maximum absolute atomic E-state index is 10.9. The number of hydrogen-bond acceptors (Lipinski definition) is 4. The van der Waals surface area contributed by atoms with Gasteiger partial charge in [-0.2, -0.15) is 0 Å². The predicted octanol–water partition coefficient (Wildman–Crippen LogP) is 3.84. The molecule has 0 saturated heterocycles. The van der Waals surface area contributed by atoms with Gasteiger partial charge in [0.05, 0.1) is 10.5 Å². The molecule has 0 amide bonds. The van der Waals surface area contributed by atoms with E-state index in [-0.39, 0.29) is 22.3 Å². The zero-order valence-electron chi connectivity index (χ0n) is 13.4. The summed E-state index contributed by atoms with van der Waals surface area (Å²) >= 11 is 0. The Balaban J connectivity index is 2.81. The highest BCUT2D eigenvalue weighted by molar-refractivity contribution is 5.35. The molecule has 0 aliphatic heterocycles. The number of benzene rings is 1. The van der Waals surface area contributed by atoms with E-state index in [1.807, 2.05) is 26.8 Å². The van der Waals surface area contributed by atoms with Crippen LogP contribution in [-0.2, 0) is 4.74 Å². The maximum Gasteiger partial charge on any atom is 0.269 e. The van der Waals surface area contributed by atoms with Crippen molar-refractivity contribution in [1.82, 2.24) is 5.32 Å². The molecule has 0 aliphatic carbocycles. The van der Waals surface area contributed by atoms with Crippen LogP contribution in [0.1, 0.15) is 52.1 Å². The molecule has 0 fully saturated rings. The quantitative estimate of drug-likeness (QED) is 0.555. The summed E-state index contributed by atoms with van der Waals surface area (Å²) in [5.41, 5.74) is 0.847. The monoisotopic (exact) mass is 294 g/mol. The van der Waals surface area contributed by atoms with Crippen LogP contribution in [0.4, 0.5) is 5.69 Å². The second-order valence-electron chi connectivity index (χ2n) is 5.77. The zero-order chi connectivity index (χ0) is 15.9. The molecule has 0 spiro atoms. The van der Waals surface area contributed by atoms with Gasteiger partial charge in [-0.1, -0.05) is 25.5 Å². The first-order valence-electron chi connectivity index (χ1n) is 7.51. The molecule has 21 heavy (non-hydrogen) atoms. The standard InChI is InChI=1S/C16H26N2O3/c1-5-8-15(17-12-16(3,4)21-6-2)13-9-7-10-14(11-13)18(19)20/h7,9-11,15,17H,5-6,8,12H2,1-4H3. The first-order valence-corrected chi connectivity index (χ1v) is 7.51. The van der Waals surface area contributed by atoms with Crippen LogP contribution in [0.3, 0.4) is 0 Å². The van der Waals surface area contributed by atoms with Gasteiger partial charge in [-0.05, 0) is 32.8 Å². The van der Waals surface area contributed by atoms with Crippen LogP contribution in [0.25, 0.3) is 0 Å². The Morgan fingerprint density at radius 1 is 1.38 bits per heavy atom. The molecule has 5 heteroatoms. The molecular weight excluding hydrogens is 268 g/mol. The van der Waals surface area contributed by atoms with E-state index >= 15 is 0 Å². The van der Waals surface area contributed by atoms with Crippen molar-refractivity contribution in [3.05, 3.63) is 39.9 Å². The number of rotatable bonds is 9. The van der Waals surface area contributed by atoms with Crippen LogP contribution >= 0.6 is 0 Å². The molecule has 1 aromatic carbocycles. The Kier molecular flexibility index (Phi) is 6.78. The summed E-state index contributed by atoms with van der Waals surface area (Å²) < 4.78 is 5.68. The minimum Gasteiger partial charge on any atom is -0.375 e. The molecule has 1 rings (SSSR count). The van der Waals surface area contributed by atoms with Gasteiger partial charge in [0, 0.05) is 31.3 Å². The van der Waals surface area contributed by atoms with Crippen molar-refractivity contribution in [2.45, 2.75) is 52.2 Å². The van der Waals surface area contributed by atoms with Crippen molar-refractivity contribution in [1.29, 1.82) is 0 Å². The number of hydrogen-bond donors (Lipinski definition) is 1. The molecule has 5 nitrogen and oxygen atoms in total. The SMILES string of the molecule is CCCC(NCC(C)(C)OCC)c1cccc([N+](=O)[O-])c1. The summed E-state index contributed by atoms with van der Waals surface area (Å²) in [4.78, 5) is 10.6. The second kappa shape index (κ2) is 8.10. The number of nitrogens with zero attached hydrogens (tertiary/aromatic N) is 1. The zero-order valence-corrected chi connectivity index (χ0v) is 13.4. The Bertz CT molecular complexity index is 461. The highest BCUT2D eigenvalue weighted by Crippen LogP contribution is 2.23. The third-order valence-corrected chi connectivity index (χ3v) is 3.37. The lowest BCUT2D eigenvalue weighted by molar-refractivity contribution is -0.384. The van der Waals surface area contributed by atoms with Crippen molar-refractivity contribution in [2.75, 3.05) is 13.2 Å². The van der Waals surface area contributed by atoms with Crippen molar-refractivity contribution < 1.29 is 9.66 Å². The smallest absolute Gasteiger partial charge is 0.269 e. The van der Waals surface area contributed by atoms with Gasteiger partial charge in [0.2, 0.25) is 0 Å². The van der Waals surface area contributed by atoms with E-state index in [9.17, 15) is 10.1 Å².